The normalized spacial score (nSPS) is 10.6. The van der Waals surface area contributed by atoms with Gasteiger partial charge in [-0.25, -0.2) is 4.98 Å². The summed E-state index contributed by atoms with van der Waals surface area (Å²) in [6.45, 7) is 11.1. The van der Waals surface area contributed by atoms with Gasteiger partial charge in [0, 0.05) is 12.1 Å². The zero-order chi connectivity index (χ0) is 25.3. The van der Waals surface area contributed by atoms with E-state index in [-0.39, 0.29) is 11.1 Å². The highest BCUT2D eigenvalue weighted by Gasteiger charge is 2.33. The Morgan fingerprint density at radius 2 is 1.85 bits per heavy atom. The number of nitrogen functional groups attached to an aromatic ring is 1. The Morgan fingerprint density at radius 1 is 1.12 bits per heavy atom. The van der Waals surface area contributed by atoms with Gasteiger partial charge in [-0.05, 0) is 53.7 Å². The second-order valence-corrected chi connectivity index (χ2v) is 6.90. The Morgan fingerprint density at radius 3 is 2.47 bits per heavy atom. The molecule has 0 aliphatic carbocycles. The maximum absolute atomic E-state index is 13.4. The smallest absolute Gasteiger partial charge is 0.396 e. The standard InChI is InChI=1S/C23H20F3N5O.C2H6/c1-3-15-10-14(4-8-20(15)28-2)12-29-22-19(27)7-9-21(31-22)16-5-6-17(13-30-32)18(11-16)23(24,25)26;1-2/h3-11H,1-2,12-13,27H2,(H,29,31);1-2H3. The van der Waals surface area contributed by atoms with Crippen LogP contribution in [-0.4, -0.2) is 11.7 Å². The highest BCUT2D eigenvalue weighted by molar-refractivity contribution is 5.70. The SMILES string of the molecule is C=Cc1cc(CNc2nc(-c3ccc(CN=O)c(C(F)(F)F)c3)ccc2N)ccc1N=C.CC. The molecule has 34 heavy (non-hydrogen) atoms. The predicted octanol–water partition coefficient (Wildman–Crippen LogP) is 7.23. The van der Waals surface area contributed by atoms with E-state index in [2.05, 4.69) is 33.8 Å². The fourth-order valence-corrected chi connectivity index (χ4v) is 3.19. The highest BCUT2D eigenvalue weighted by atomic mass is 19.4. The van der Waals surface area contributed by atoms with Crippen molar-refractivity contribution in [2.24, 2.45) is 10.2 Å². The number of alkyl halides is 3. The van der Waals surface area contributed by atoms with Gasteiger partial charge in [0.05, 0.1) is 22.6 Å². The van der Waals surface area contributed by atoms with Crippen LogP contribution in [0, 0.1) is 4.91 Å². The van der Waals surface area contributed by atoms with Gasteiger partial charge in [-0.2, -0.15) is 18.1 Å². The first-order valence-corrected chi connectivity index (χ1v) is 10.5. The number of nitrogens with one attached hydrogen (secondary N) is 1. The van der Waals surface area contributed by atoms with Crippen LogP contribution in [0.5, 0.6) is 0 Å². The molecule has 0 amide bonds. The molecule has 0 radical (unpaired) electrons. The van der Waals surface area contributed by atoms with E-state index in [1.807, 2.05) is 32.0 Å². The van der Waals surface area contributed by atoms with Crippen LogP contribution >= 0.6 is 0 Å². The largest absolute Gasteiger partial charge is 0.416 e. The number of nitrogens with two attached hydrogens (primary N) is 1. The van der Waals surface area contributed by atoms with Gasteiger partial charge in [0.15, 0.2) is 0 Å². The molecule has 2 aromatic carbocycles. The molecule has 0 atom stereocenters. The van der Waals surface area contributed by atoms with Gasteiger partial charge >= 0.3 is 6.18 Å². The molecule has 0 unspecified atom stereocenters. The Hall–Kier alpha value is -4.01. The minimum Gasteiger partial charge on any atom is -0.396 e. The summed E-state index contributed by atoms with van der Waals surface area (Å²) < 4.78 is 40.3. The zero-order valence-corrected chi connectivity index (χ0v) is 19.0. The Bertz CT molecular complexity index is 1180. The lowest BCUT2D eigenvalue weighted by Gasteiger charge is -2.14. The van der Waals surface area contributed by atoms with E-state index < -0.39 is 18.3 Å². The van der Waals surface area contributed by atoms with Crippen molar-refractivity contribution in [2.75, 3.05) is 11.1 Å². The molecule has 9 heteroatoms. The molecule has 0 spiro atoms. The van der Waals surface area contributed by atoms with Crippen LogP contribution in [0.2, 0.25) is 0 Å². The fraction of sp³-hybridized carbons (Fsp3) is 0.200. The molecule has 3 aromatic rings. The quantitative estimate of drug-likeness (QED) is 0.269. The molecular formula is C25H26F3N5O. The number of anilines is 2. The van der Waals surface area contributed by atoms with Crippen molar-refractivity contribution >= 4 is 30.0 Å². The summed E-state index contributed by atoms with van der Waals surface area (Å²) in [4.78, 5) is 18.8. The van der Waals surface area contributed by atoms with E-state index in [0.717, 1.165) is 17.2 Å². The van der Waals surface area contributed by atoms with E-state index in [1.165, 1.54) is 18.2 Å². The van der Waals surface area contributed by atoms with Crippen LogP contribution in [0.15, 0.2) is 65.3 Å². The first-order valence-electron chi connectivity index (χ1n) is 10.5. The third kappa shape index (κ3) is 6.28. The second kappa shape index (κ2) is 11.7. The average Bonchev–Trinajstić information content (AvgIpc) is 2.84. The third-order valence-electron chi connectivity index (χ3n) is 4.81. The number of hydrogen-bond acceptors (Lipinski definition) is 6. The van der Waals surface area contributed by atoms with Crippen LogP contribution in [0.25, 0.3) is 17.3 Å². The number of rotatable bonds is 8. The number of nitroso groups, excluding NO2 is 1. The average molecular weight is 470 g/mol. The van der Waals surface area contributed by atoms with Crippen molar-refractivity contribution in [3.8, 4) is 11.3 Å². The molecule has 0 saturated heterocycles. The molecule has 1 heterocycles. The highest BCUT2D eigenvalue weighted by Crippen LogP contribution is 2.35. The molecule has 3 rings (SSSR count). The van der Waals surface area contributed by atoms with Crippen molar-refractivity contribution in [2.45, 2.75) is 33.1 Å². The van der Waals surface area contributed by atoms with Gasteiger partial charge in [0.1, 0.15) is 12.4 Å². The molecule has 0 saturated carbocycles. The number of aliphatic imine (C=N–C) groups is 1. The summed E-state index contributed by atoms with van der Waals surface area (Å²) >= 11 is 0. The summed E-state index contributed by atoms with van der Waals surface area (Å²) in [6.07, 6.45) is -2.96. The molecule has 0 bridgehead atoms. The summed E-state index contributed by atoms with van der Waals surface area (Å²) in [6, 6.07) is 12.3. The molecular weight excluding hydrogens is 443 g/mol. The number of halogens is 3. The van der Waals surface area contributed by atoms with Gasteiger partial charge < -0.3 is 11.1 Å². The van der Waals surface area contributed by atoms with Gasteiger partial charge in [0.25, 0.3) is 0 Å². The van der Waals surface area contributed by atoms with Crippen LogP contribution < -0.4 is 11.1 Å². The number of hydrogen-bond donors (Lipinski definition) is 2. The topological polar surface area (TPSA) is 92.7 Å². The molecule has 0 aliphatic rings. The summed E-state index contributed by atoms with van der Waals surface area (Å²) in [5, 5.41) is 5.69. The lowest BCUT2D eigenvalue weighted by atomic mass is 10.0. The maximum atomic E-state index is 13.4. The first-order chi connectivity index (χ1) is 16.3. The Kier molecular flexibility index (Phi) is 9.06. The zero-order valence-electron chi connectivity index (χ0n) is 19.0. The van der Waals surface area contributed by atoms with Gasteiger partial charge in [-0.15, -0.1) is 0 Å². The molecule has 178 valence electrons. The summed E-state index contributed by atoms with van der Waals surface area (Å²) in [5.74, 6) is 0.334. The predicted molar refractivity (Wildman–Crippen MR) is 133 cm³/mol. The van der Waals surface area contributed by atoms with Crippen LogP contribution in [0.1, 0.15) is 36.1 Å². The van der Waals surface area contributed by atoms with Crippen molar-refractivity contribution in [1.82, 2.24) is 4.98 Å². The fourth-order valence-electron chi connectivity index (χ4n) is 3.19. The Balaban J connectivity index is 0.00000199. The van der Waals surface area contributed by atoms with Crippen LogP contribution in [0.4, 0.5) is 30.4 Å². The van der Waals surface area contributed by atoms with Gasteiger partial charge in [-0.1, -0.05) is 49.9 Å². The van der Waals surface area contributed by atoms with E-state index in [1.54, 1.807) is 12.1 Å². The van der Waals surface area contributed by atoms with Crippen LogP contribution in [-0.2, 0) is 19.3 Å². The molecule has 0 fully saturated rings. The molecule has 3 N–H and O–H groups in total. The minimum atomic E-state index is -4.62. The van der Waals surface area contributed by atoms with Gasteiger partial charge in [0.2, 0.25) is 0 Å². The summed E-state index contributed by atoms with van der Waals surface area (Å²) in [5.41, 5.74) is 8.21. The lowest BCUT2D eigenvalue weighted by Crippen LogP contribution is -2.09. The third-order valence-corrected chi connectivity index (χ3v) is 4.81. The molecule has 6 nitrogen and oxygen atoms in total. The number of pyridine rings is 1. The van der Waals surface area contributed by atoms with E-state index in [9.17, 15) is 18.1 Å². The molecule has 1 aromatic heterocycles. The van der Waals surface area contributed by atoms with Crippen molar-refractivity contribution in [1.29, 1.82) is 0 Å². The van der Waals surface area contributed by atoms with E-state index in [4.69, 9.17) is 5.73 Å². The van der Waals surface area contributed by atoms with Gasteiger partial charge in [-0.3, -0.25) is 4.99 Å². The second-order valence-electron chi connectivity index (χ2n) is 6.90. The monoisotopic (exact) mass is 469 g/mol. The number of aromatic nitrogens is 1. The van der Waals surface area contributed by atoms with Crippen molar-refractivity contribution < 1.29 is 13.2 Å². The van der Waals surface area contributed by atoms with Crippen molar-refractivity contribution in [3.05, 3.63) is 82.3 Å². The van der Waals surface area contributed by atoms with E-state index in [0.29, 0.717) is 29.4 Å². The Labute approximate surface area is 196 Å². The number of nitrogens with zero attached hydrogens (tertiary/aromatic N) is 3. The summed E-state index contributed by atoms with van der Waals surface area (Å²) in [7, 11) is 0. The molecule has 0 aliphatic heterocycles. The minimum absolute atomic E-state index is 0.194. The number of benzene rings is 2. The van der Waals surface area contributed by atoms with Crippen LogP contribution in [0.3, 0.4) is 0 Å². The first kappa shape index (κ1) is 26.2. The van der Waals surface area contributed by atoms with Crippen molar-refractivity contribution in [3.63, 3.8) is 0 Å². The maximum Gasteiger partial charge on any atom is 0.416 e. The lowest BCUT2D eigenvalue weighted by molar-refractivity contribution is -0.138. The van der Waals surface area contributed by atoms with E-state index >= 15 is 0 Å².